The molecule has 0 amide bonds. The average molecular weight is 506 g/mol. The van der Waals surface area contributed by atoms with Crippen molar-refractivity contribution >= 4 is 90.2 Å². The Morgan fingerprint density at radius 2 is 1.24 bits per heavy atom. The summed E-state index contributed by atoms with van der Waals surface area (Å²) in [6.45, 7) is 0. The quantitative estimate of drug-likeness (QED) is 0.424. The second-order valence-corrected chi connectivity index (χ2v) is 10.0. The molecule has 0 N–H and O–H groups in total. The summed E-state index contributed by atoms with van der Waals surface area (Å²) in [6.07, 6.45) is 0. The fourth-order valence-electron chi connectivity index (χ4n) is 2.83. The highest BCUT2D eigenvalue weighted by Crippen LogP contribution is 2.77. The first-order valence-corrected chi connectivity index (χ1v) is 8.60. The van der Waals surface area contributed by atoms with Crippen LogP contribution in [0.2, 0.25) is 0 Å². The highest BCUT2D eigenvalue weighted by Gasteiger charge is 2.85. The van der Waals surface area contributed by atoms with Crippen LogP contribution in [0.25, 0.3) is 0 Å². The third kappa shape index (κ3) is 1.86. The van der Waals surface area contributed by atoms with E-state index in [0.717, 1.165) is 0 Å². The van der Waals surface area contributed by atoms with E-state index in [2.05, 4.69) is 31.9 Å². The molecule has 0 aromatic rings. The number of carbonyl (C=O) groups is 2. The van der Waals surface area contributed by atoms with Gasteiger partial charge in [0.05, 0.1) is 36.1 Å². The van der Waals surface area contributed by atoms with Crippen molar-refractivity contribution < 1.29 is 19.1 Å². The number of fused-ring (bicyclic) bond motifs is 2. The van der Waals surface area contributed by atoms with E-state index < -0.39 is 36.8 Å². The van der Waals surface area contributed by atoms with Gasteiger partial charge in [0.2, 0.25) is 0 Å². The molecule has 0 heterocycles. The van der Waals surface area contributed by atoms with E-state index in [1.54, 1.807) is 0 Å². The number of hydrogen-bond acceptors (Lipinski definition) is 4. The van der Waals surface area contributed by atoms with E-state index in [4.69, 9.17) is 55.9 Å². The van der Waals surface area contributed by atoms with Crippen LogP contribution in [0.3, 0.4) is 0 Å². The lowest BCUT2D eigenvalue weighted by atomic mass is 9.82. The summed E-state index contributed by atoms with van der Waals surface area (Å²) in [7, 11) is 2.35. The number of carbonyl (C=O) groups excluding carboxylic acids is 2. The van der Waals surface area contributed by atoms with Crippen LogP contribution in [0.1, 0.15) is 0 Å². The first kappa shape index (κ1) is 18.1. The Morgan fingerprint density at radius 1 is 0.952 bits per heavy atom. The summed E-state index contributed by atoms with van der Waals surface area (Å²) in [5.41, 5.74) is 0. The van der Waals surface area contributed by atoms with Gasteiger partial charge in [-0.25, -0.2) is 0 Å². The van der Waals surface area contributed by atoms with Crippen LogP contribution in [0.15, 0.2) is 10.1 Å². The summed E-state index contributed by atoms with van der Waals surface area (Å²) in [5.74, 6) is -3.84. The molecule has 118 valence electrons. The summed E-state index contributed by atoms with van der Waals surface area (Å²) in [4.78, 5) is 21.2. The van der Waals surface area contributed by atoms with Crippen LogP contribution in [0.4, 0.5) is 0 Å². The topological polar surface area (TPSA) is 52.6 Å². The van der Waals surface area contributed by atoms with Gasteiger partial charge in [-0.2, -0.15) is 0 Å². The number of ether oxygens (including phenoxy) is 2. The van der Waals surface area contributed by atoms with E-state index >= 15 is 0 Å². The molecule has 2 aliphatic carbocycles. The number of methoxy groups -OCH3 is 2. The largest absolute Gasteiger partial charge is 0.469 e. The maximum atomic E-state index is 12.2. The van der Waals surface area contributed by atoms with E-state index in [9.17, 15) is 9.59 Å². The number of hydrogen-bond donors (Lipinski definition) is 0. The number of alkyl halides is 4. The lowest BCUT2D eigenvalue weighted by molar-refractivity contribution is -0.157. The zero-order valence-electron chi connectivity index (χ0n) is 10.6. The molecule has 2 rings (SSSR count). The van der Waals surface area contributed by atoms with Crippen molar-refractivity contribution in [3.63, 3.8) is 0 Å². The van der Waals surface area contributed by atoms with Gasteiger partial charge in [0, 0.05) is 0 Å². The Kier molecular flexibility index (Phi) is 4.68. The minimum Gasteiger partial charge on any atom is -0.469 e. The zero-order valence-corrected chi connectivity index (χ0v) is 16.8. The van der Waals surface area contributed by atoms with Gasteiger partial charge in [-0.1, -0.05) is 55.1 Å². The Bertz CT molecular complexity index is 520. The minimum atomic E-state index is -1.60. The molecule has 4 atom stereocenters. The fourth-order valence-corrected chi connectivity index (χ4v) is 6.95. The summed E-state index contributed by atoms with van der Waals surface area (Å²) < 4.78 is 8.15. The molecule has 0 aromatic carbocycles. The van der Waals surface area contributed by atoms with Crippen molar-refractivity contribution in [2.24, 2.45) is 11.8 Å². The molecule has 10 heteroatoms. The van der Waals surface area contributed by atoms with Crippen LogP contribution in [-0.2, 0) is 19.1 Å². The lowest BCUT2D eigenvalue weighted by Crippen LogP contribution is -2.46. The molecule has 1 fully saturated rings. The van der Waals surface area contributed by atoms with Crippen LogP contribution in [-0.4, -0.2) is 39.1 Å². The summed E-state index contributed by atoms with van der Waals surface area (Å²) >= 11 is 32.2. The van der Waals surface area contributed by atoms with Crippen LogP contribution in [0.5, 0.6) is 0 Å². The zero-order chi connectivity index (χ0) is 16.4. The second kappa shape index (κ2) is 5.42. The Morgan fingerprint density at radius 3 is 1.48 bits per heavy atom. The molecule has 4 unspecified atom stereocenters. The SMILES string of the molecule is COC(=O)C1C(C(=O)OC)C2(Cl)C(Cl)=C(Cl)C1(Cl)C2(Br)Br. The van der Waals surface area contributed by atoms with Crippen LogP contribution in [0, 0.1) is 11.8 Å². The van der Waals surface area contributed by atoms with E-state index in [-0.39, 0.29) is 10.1 Å². The van der Waals surface area contributed by atoms with E-state index in [1.807, 2.05) is 0 Å². The smallest absolute Gasteiger partial charge is 0.311 e. The molecule has 2 bridgehead atoms. The van der Waals surface area contributed by atoms with E-state index in [1.165, 1.54) is 14.2 Å². The monoisotopic (exact) mass is 502 g/mol. The molecule has 21 heavy (non-hydrogen) atoms. The van der Waals surface area contributed by atoms with Gasteiger partial charge < -0.3 is 9.47 Å². The molecule has 0 spiro atoms. The minimum absolute atomic E-state index is 0.0230. The first-order valence-electron chi connectivity index (χ1n) is 5.50. The van der Waals surface area contributed by atoms with Crippen LogP contribution < -0.4 is 0 Å². The van der Waals surface area contributed by atoms with Gasteiger partial charge in [0.1, 0.15) is 13.0 Å². The Labute approximate surface area is 157 Å². The molecule has 0 aliphatic heterocycles. The molecule has 0 saturated heterocycles. The van der Waals surface area contributed by atoms with Crippen molar-refractivity contribution in [3.8, 4) is 0 Å². The van der Waals surface area contributed by atoms with Crippen molar-refractivity contribution in [2.45, 2.75) is 13.0 Å². The Balaban J connectivity index is 2.79. The third-order valence-electron chi connectivity index (χ3n) is 3.85. The molecular weight excluding hydrogens is 498 g/mol. The molecule has 0 aromatic heterocycles. The lowest BCUT2D eigenvalue weighted by Gasteiger charge is -2.33. The standard InChI is InChI=1S/C11H8Br2Cl4O4/c1-20-7(18)3-4(8(19)21-2)10(17)6(15)5(14)9(3,16)11(10,12)13/h3-4H,1-2H3. The first-order chi connectivity index (χ1) is 9.53. The van der Waals surface area contributed by atoms with Crippen LogP contribution >= 0.6 is 78.3 Å². The van der Waals surface area contributed by atoms with E-state index in [0.29, 0.717) is 0 Å². The fraction of sp³-hybridized carbons (Fsp3) is 0.636. The molecule has 2 aliphatic rings. The predicted molar refractivity (Wildman–Crippen MR) is 87.5 cm³/mol. The number of rotatable bonds is 2. The van der Waals surface area contributed by atoms with Crippen molar-refractivity contribution in [1.82, 2.24) is 0 Å². The predicted octanol–water partition coefficient (Wildman–Crippen LogP) is 3.72. The maximum Gasteiger partial charge on any atom is 0.311 e. The average Bonchev–Trinajstić information content (AvgIpc) is 2.65. The summed E-state index contributed by atoms with van der Waals surface area (Å²) in [5, 5.41) is -0.0460. The number of esters is 2. The molecular formula is C11H8Br2Cl4O4. The van der Waals surface area contributed by atoms with Gasteiger partial charge in [0.25, 0.3) is 0 Å². The van der Waals surface area contributed by atoms with Gasteiger partial charge in [-0.3, -0.25) is 9.59 Å². The van der Waals surface area contributed by atoms with Gasteiger partial charge in [-0.15, -0.1) is 23.2 Å². The molecule has 1 saturated carbocycles. The number of halogens is 6. The van der Waals surface area contributed by atoms with Crippen molar-refractivity contribution in [3.05, 3.63) is 10.1 Å². The highest BCUT2D eigenvalue weighted by molar-refractivity contribution is 9.25. The van der Waals surface area contributed by atoms with Gasteiger partial charge in [0.15, 0.2) is 0 Å². The second-order valence-electron chi connectivity index (χ2n) is 4.63. The van der Waals surface area contributed by atoms with Crippen molar-refractivity contribution in [1.29, 1.82) is 0 Å². The normalized spacial score (nSPS) is 40.4. The van der Waals surface area contributed by atoms with Crippen molar-refractivity contribution in [2.75, 3.05) is 14.2 Å². The maximum absolute atomic E-state index is 12.2. The Hall–Kier alpha value is 0.800. The molecule has 0 radical (unpaired) electrons. The van der Waals surface area contributed by atoms with Gasteiger partial charge >= 0.3 is 11.9 Å². The molecule has 4 nitrogen and oxygen atoms in total. The highest BCUT2D eigenvalue weighted by atomic mass is 79.9. The summed E-state index contributed by atoms with van der Waals surface area (Å²) in [6, 6.07) is 0. The number of allylic oxidation sites excluding steroid dienone is 2. The third-order valence-corrected chi connectivity index (χ3v) is 9.94. The van der Waals surface area contributed by atoms with Gasteiger partial charge in [-0.05, 0) is 0 Å².